The highest BCUT2D eigenvalue weighted by Gasteiger charge is 2.07. The van der Waals surface area contributed by atoms with Gasteiger partial charge in [0.2, 0.25) is 0 Å². The van der Waals surface area contributed by atoms with Gasteiger partial charge < -0.3 is 5.11 Å². The number of thioether (sulfide) groups is 1. The third-order valence-corrected chi connectivity index (χ3v) is 3.93. The zero-order valence-electron chi connectivity index (χ0n) is 12.6. The second-order valence-corrected chi connectivity index (χ2v) is 6.56. The molecule has 0 bridgehead atoms. The molecular formula is C15H31NOS. The first kappa shape index (κ1) is 18.0. The van der Waals surface area contributed by atoms with Crippen molar-refractivity contribution in [3.63, 3.8) is 0 Å². The Kier molecular flexibility index (Phi) is 12.0. The van der Waals surface area contributed by atoms with Crippen LogP contribution < -0.4 is 0 Å². The van der Waals surface area contributed by atoms with Crippen LogP contribution in [0, 0.1) is 5.92 Å². The van der Waals surface area contributed by atoms with E-state index in [0.717, 1.165) is 30.8 Å². The smallest absolute Gasteiger partial charge is 0.0589 e. The highest BCUT2D eigenvalue weighted by atomic mass is 32.2. The van der Waals surface area contributed by atoms with Gasteiger partial charge >= 0.3 is 0 Å². The van der Waals surface area contributed by atoms with Crippen LogP contribution in [-0.2, 0) is 0 Å². The Hall–Kier alpha value is -0.0200. The lowest BCUT2D eigenvalue weighted by atomic mass is 10.1. The molecule has 108 valence electrons. The largest absolute Gasteiger partial charge is 0.396 e. The summed E-state index contributed by atoms with van der Waals surface area (Å²) in [7, 11) is 0. The molecule has 1 N–H and O–H groups in total. The standard InChI is InChI=1S/C15H31NOS/c1-5-8-15(12-18-10-7-6-9-17)16-14(4)11-13(2)3/h13,15,17H,5-12H2,1-4H3. The van der Waals surface area contributed by atoms with E-state index in [-0.39, 0.29) is 0 Å². The third-order valence-electron chi connectivity index (χ3n) is 2.74. The van der Waals surface area contributed by atoms with E-state index >= 15 is 0 Å². The van der Waals surface area contributed by atoms with Gasteiger partial charge in [0, 0.05) is 18.1 Å². The molecule has 0 aliphatic rings. The summed E-state index contributed by atoms with van der Waals surface area (Å²) in [6.45, 7) is 9.22. The van der Waals surface area contributed by atoms with E-state index in [0.29, 0.717) is 18.6 Å². The second-order valence-electron chi connectivity index (χ2n) is 5.41. The van der Waals surface area contributed by atoms with Crippen LogP contribution in [0.15, 0.2) is 4.99 Å². The van der Waals surface area contributed by atoms with Crippen LogP contribution in [0.3, 0.4) is 0 Å². The van der Waals surface area contributed by atoms with Crippen LogP contribution in [0.25, 0.3) is 0 Å². The van der Waals surface area contributed by atoms with Crippen molar-refractivity contribution >= 4 is 17.5 Å². The molecule has 18 heavy (non-hydrogen) atoms. The fourth-order valence-electron chi connectivity index (χ4n) is 2.01. The summed E-state index contributed by atoms with van der Waals surface area (Å²) in [5, 5.41) is 8.73. The van der Waals surface area contributed by atoms with Gasteiger partial charge in [0.1, 0.15) is 0 Å². The fraction of sp³-hybridized carbons (Fsp3) is 0.933. The van der Waals surface area contributed by atoms with E-state index in [1.54, 1.807) is 0 Å². The van der Waals surface area contributed by atoms with Crippen molar-refractivity contribution in [3.8, 4) is 0 Å². The number of unbranched alkanes of at least 4 members (excludes halogenated alkanes) is 1. The van der Waals surface area contributed by atoms with Crippen LogP contribution in [0.1, 0.15) is 59.8 Å². The van der Waals surface area contributed by atoms with Gasteiger partial charge in [-0.15, -0.1) is 0 Å². The molecule has 0 amide bonds. The molecule has 0 aliphatic carbocycles. The lowest BCUT2D eigenvalue weighted by molar-refractivity contribution is 0.287. The maximum atomic E-state index is 8.73. The summed E-state index contributed by atoms with van der Waals surface area (Å²) in [5.74, 6) is 2.99. The van der Waals surface area contributed by atoms with Crippen molar-refractivity contribution in [1.29, 1.82) is 0 Å². The fourth-order valence-corrected chi connectivity index (χ4v) is 3.10. The quantitative estimate of drug-likeness (QED) is 0.453. The Morgan fingerprint density at radius 3 is 2.56 bits per heavy atom. The lowest BCUT2D eigenvalue weighted by Gasteiger charge is -2.13. The molecule has 0 spiro atoms. The Bertz CT molecular complexity index is 217. The number of rotatable bonds is 11. The van der Waals surface area contributed by atoms with Gasteiger partial charge in [-0.3, -0.25) is 4.99 Å². The van der Waals surface area contributed by atoms with Crippen molar-refractivity contribution < 1.29 is 5.11 Å². The van der Waals surface area contributed by atoms with Crippen molar-refractivity contribution in [3.05, 3.63) is 0 Å². The molecule has 0 saturated heterocycles. The Labute approximate surface area is 118 Å². The van der Waals surface area contributed by atoms with Crippen LogP contribution in [-0.4, -0.2) is 35.0 Å². The Morgan fingerprint density at radius 2 is 2.00 bits per heavy atom. The van der Waals surface area contributed by atoms with E-state index in [4.69, 9.17) is 10.1 Å². The molecule has 0 aromatic heterocycles. The minimum atomic E-state index is 0.324. The molecule has 1 unspecified atom stereocenters. The number of nitrogens with zero attached hydrogens (tertiary/aromatic N) is 1. The molecule has 0 saturated carbocycles. The average molecular weight is 273 g/mol. The van der Waals surface area contributed by atoms with Crippen molar-refractivity contribution in [1.82, 2.24) is 0 Å². The van der Waals surface area contributed by atoms with Gasteiger partial charge in [0.25, 0.3) is 0 Å². The first-order valence-electron chi connectivity index (χ1n) is 7.32. The number of hydrogen-bond acceptors (Lipinski definition) is 3. The highest BCUT2D eigenvalue weighted by Crippen LogP contribution is 2.14. The van der Waals surface area contributed by atoms with Crippen LogP contribution in [0.4, 0.5) is 0 Å². The number of aliphatic hydroxyl groups excluding tert-OH is 1. The van der Waals surface area contributed by atoms with Gasteiger partial charge in [0.15, 0.2) is 0 Å². The van der Waals surface area contributed by atoms with E-state index < -0.39 is 0 Å². The lowest BCUT2D eigenvalue weighted by Crippen LogP contribution is -2.12. The van der Waals surface area contributed by atoms with Crippen LogP contribution in [0.5, 0.6) is 0 Å². The molecule has 3 heteroatoms. The number of aliphatic hydroxyl groups is 1. The SMILES string of the molecule is CCCC(CSCCCCO)N=C(C)CC(C)C. The molecule has 0 aliphatic heterocycles. The number of hydrogen-bond donors (Lipinski definition) is 1. The predicted octanol–water partition coefficient (Wildman–Crippen LogP) is 4.17. The predicted molar refractivity (Wildman–Crippen MR) is 84.9 cm³/mol. The van der Waals surface area contributed by atoms with Crippen LogP contribution >= 0.6 is 11.8 Å². The monoisotopic (exact) mass is 273 g/mol. The summed E-state index contributed by atoms with van der Waals surface area (Å²) >= 11 is 1.98. The zero-order chi connectivity index (χ0) is 13.8. The van der Waals surface area contributed by atoms with E-state index in [9.17, 15) is 0 Å². The van der Waals surface area contributed by atoms with Gasteiger partial charge in [0.05, 0.1) is 6.04 Å². The average Bonchev–Trinajstić information content (AvgIpc) is 2.27. The molecule has 1 atom stereocenters. The van der Waals surface area contributed by atoms with Crippen molar-refractivity contribution in [2.45, 2.75) is 65.8 Å². The zero-order valence-corrected chi connectivity index (χ0v) is 13.4. The van der Waals surface area contributed by atoms with Crippen molar-refractivity contribution in [2.24, 2.45) is 10.9 Å². The molecule has 0 aromatic carbocycles. The van der Waals surface area contributed by atoms with E-state index in [2.05, 4.69) is 27.7 Å². The molecule has 0 fully saturated rings. The van der Waals surface area contributed by atoms with Crippen LogP contribution in [0.2, 0.25) is 0 Å². The summed E-state index contributed by atoms with van der Waals surface area (Å²) < 4.78 is 0. The van der Waals surface area contributed by atoms with E-state index in [1.165, 1.54) is 18.6 Å². The molecular weight excluding hydrogens is 242 g/mol. The molecule has 0 radical (unpaired) electrons. The first-order valence-corrected chi connectivity index (χ1v) is 8.47. The van der Waals surface area contributed by atoms with Gasteiger partial charge in [-0.05, 0) is 44.3 Å². The normalized spacial score (nSPS) is 14.2. The topological polar surface area (TPSA) is 32.6 Å². The summed E-state index contributed by atoms with van der Waals surface area (Å²) in [5.41, 5.74) is 1.31. The van der Waals surface area contributed by atoms with Gasteiger partial charge in [-0.1, -0.05) is 27.2 Å². The molecule has 0 aromatic rings. The second kappa shape index (κ2) is 12.0. The first-order chi connectivity index (χ1) is 8.60. The van der Waals surface area contributed by atoms with Gasteiger partial charge in [-0.25, -0.2) is 0 Å². The minimum Gasteiger partial charge on any atom is -0.396 e. The molecule has 2 nitrogen and oxygen atoms in total. The van der Waals surface area contributed by atoms with E-state index in [1.807, 2.05) is 11.8 Å². The number of aliphatic imine (C=N–C) groups is 1. The summed E-state index contributed by atoms with van der Waals surface area (Å²) in [4.78, 5) is 4.87. The summed E-state index contributed by atoms with van der Waals surface area (Å²) in [6.07, 6.45) is 5.58. The summed E-state index contributed by atoms with van der Waals surface area (Å²) in [6, 6.07) is 0.493. The highest BCUT2D eigenvalue weighted by molar-refractivity contribution is 7.99. The third kappa shape index (κ3) is 11.1. The van der Waals surface area contributed by atoms with Crippen molar-refractivity contribution in [2.75, 3.05) is 18.1 Å². The van der Waals surface area contributed by atoms with Gasteiger partial charge in [-0.2, -0.15) is 11.8 Å². The maximum Gasteiger partial charge on any atom is 0.0589 e. The molecule has 0 rings (SSSR count). The Balaban J connectivity index is 3.97. The Morgan fingerprint density at radius 1 is 1.28 bits per heavy atom. The molecule has 0 heterocycles. The minimum absolute atomic E-state index is 0.324. The maximum absolute atomic E-state index is 8.73.